The summed E-state index contributed by atoms with van der Waals surface area (Å²) in [6.45, 7) is 0. The molecule has 86 valence electrons. The number of anilines is 1. The molecule has 0 unspecified atom stereocenters. The van der Waals surface area contributed by atoms with E-state index in [0.29, 0.717) is 5.88 Å². The number of aromatic nitrogens is 3. The average Bonchev–Trinajstić information content (AvgIpc) is 2.91. The highest BCUT2D eigenvalue weighted by molar-refractivity contribution is 5.74. The first kappa shape index (κ1) is 9.89. The molecule has 2 heterocycles. The van der Waals surface area contributed by atoms with E-state index in [0.717, 1.165) is 35.4 Å². The molecule has 3 aromatic rings. The van der Waals surface area contributed by atoms with Crippen LogP contribution in [0.25, 0.3) is 11.0 Å². The van der Waals surface area contributed by atoms with Crippen molar-refractivity contribution in [3.8, 4) is 0 Å². The zero-order valence-corrected chi connectivity index (χ0v) is 9.18. The van der Waals surface area contributed by atoms with Crippen LogP contribution in [0.5, 0.6) is 0 Å². The van der Waals surface area contributed by atoms with Crippen molar-refractivity contribution < 1.29 is 4.52 Å². The number of nitrogens with zero attached hydrogens (tertiary/aromatic N) is 2. The highest BCUT2D eigenvalue weighted by Crippen LogP contribution is 2.12. The molecule has 0 aliphatic rings. The number of fused-ring (bicyclic) bond motifs is 1. The first-order chi connectivity index (χ1) is 8.31. The maximum absolute atomic E-state index is 5.46. The van der Waals surface area contributed by atoms with Gasteiger partial charge in [0.1, 0.15) is 5.82 Å². The minimum Gasteiger partial charge on any atom is -0.368 e. The van der Waals surface area contributed by atoms with Gasteiger partial charge in [0, 0.05) is 18.9 Å². The Morgan fingerprint density at radius 2 is 2.12 bits per heavy atom. The smallest absolute Gasteiger partial charge is 0.222 e. The van der Waals surface area contributed by atoms with E-state index >= 15 is 0 Å². The molecule has 0 bridgehead atoms. The van der Waals surface area contributed by atoms with E-state index in [1.807, 2.05) is 24.3 Å². The summed E-state index contributed by atoms with van der Waals surface area (Å²) < 4.78 is 4.81. The number of aromatic amines is 1. The van der Waals surface area contributed by atoms with Crippen LogP contribution < -0.4 is 5.73 Å². The normalized spacial score (nSPS) is 11.1. The number of hydrogen-bond donors (Lipinski definition) is 2. The lowest BCUT2D eigenvalue weighted by molar-refractivity contribution is 0.427. The summed E-state index contributed by atoms with van der Waals surface area (Å²) in [7, 11) is 0. The molecule has 5 nitrogen and oxygen atoms in total. The number of nitrogens with two attached hydrogens (primary N) is 1. The third kappa shape index (κ3) is 1.99. The first-order valence-corrected chi connectivity index (χ1v) is 5.46. The van der Waals surface area contributed by atoms with Crippen molar-refractivity contribution in [1.29, 1.82) is 0 Å². The summed E-state index contributed by atoms with van der Waals surface area (Å²) in [5.74, 6) is 1.30. The zero-order chi connectivity index (χ0) is 11.7. The molecule has 0 saturated carbocycles. The van der Waals surface area contributed by atoms with Gasteiger partial charge in [0.05, 0.1) is 16.7 Å². The maximum Gasteiger partial charge on any atom is 0.222 e. The lowest BCUT2D eigenvalue weighted by Crippen LogP contribution is -1.93. The van der Waals surface area contributed by atoms with Crippen LogP contribution in [0.3, 0.4) is 0 Å². The predicted octanol–water partition coefficient (Wildman–Crippen LogP) is 1.92. The molecule has 17 heavy (non-hydrogen) atoms. The molecule has 0 aliphatic heterocycles. The highest BCUT2D eigenvalue weighted by atomic mass is 16.5. The van der Waals surface area contributed by atoms with Crippen molar-refractivity contribution >= 4 is 16.9 Å². The van der Waals surface area contributed by atoms with E-state index in [1.54, 1.807) is 6.07 Å². The fourth-order valence-electron chi connectivity index (χ4n) is 1.82. The summed E-state index contributed by atoms with van der Waals surface area (Å²) in [6, 6.07) is 9.71. The fourth-order valence-corrected chi connectivity index (χ4v) is 1.82. The molecule has 0 atom stereocenters. The van der Waals surface area contributed by atoms with Gasteiger partial charge in [0.15, 0.2) is 0 Å². The second-order valence-corrected chi connectivity index (χ2v) is 3.92. The van der Waals surface area contributed by atoms with Crippen molar-refractivity contribution in [3.05, 3.63) is 41.9 Å². The molecule has 0 saturated heterocycles. The Morgan fingerprint density at radius 1 is 1.24 bits per heavy atom. The second kappa shape index (κ2) is 3.93. The van der Waals surface area contributed by atoms with Crippen molar-refractivity contribution in [1.82, 2.24) is 15.1 Å². The number of rotatable bonds is 3. The number of aryl methyl sites for hydroxylation is 2. The van der Waals surface area contributed by atoms with Crippen molar-refractivity contribution in [2.75, 3.05) is 5.73 Å². The van der Waals surface area contributed by atoms with Crippen molar-refractivity contribution in [2.24, 2.45) is 0 Å². The predicted molar refractivity (Wildman–Crippen MR) is 64.4 cm³/mol. The lowest BCUT2D eigenvalue weighted by Gasteiger charge is -1.91. The third-order valence-corrected chi connectivity index (χ3v) is 2.63. The number of nitrogens with one attached hydrogen (secondary N) is 1. The molecule has 0 amide bonds. The number of benzene rings is 1. The molecule has 3 rings (SSSR count). The molecule has 5 heteroatoms. The van der Waals surface area contributed by atoms with Gasteiger partial charge in [0.25, 0.3) is 0 Å². The lowest BCUT2D eigenvalue weighted by atomic mass is 10.2. The molecule has 1 aromatic carbocycles. The molecule has 0 radical (unpaired) electrons. The Hall–Kier alpha value is -2.30. The summed E-state index contributed by atoms with van der Waals surface area (Å²) in [5, 5.41) is 3.84. The van der Waals surface area contributed by atoms with Crippen LogP contribution in [0.15, 0.2) is 34.9 Å². The Morgan fingerprint density at radius 3 is 2.88 bits per heavy atom. The van der Waals surface area contributed by atoms with Gasteiger partial charge in [-0.05, 0) is 12.1 Å². The van der Waals surface area contributed by atoms with Crippen LogP contribution in [-0.2, 0) is 12.8 Å². The van der Waals surface area contributed by atoms with Crippen LogP contribution in [0, 0.1) is 0 Å². The average molecular weight is 228 g/mol. The van der Waals surface area contributed by atoms with Crippen LogP contribution in [-0.4, -0.2) is 15.1 Å². The molecule has 2 aromatic heterocycles. The number of para-hydroxylation sites is 2. The van der Waals surface area contributed by atoms with Gasteiger partial charge >= 0.3 is 0 Å². The SMILES string of the molecule is Nc1cc(CCc2nc3ccccc3[nH]2)no1. The van der Waals surface area contributed by atoms with Crippen LogP contribution >= 0.6 is 0 Å². The van der Waals surface area contributed by atoms with E-state index < -0.39 is 0 Å². The highest BCUT2D eigenvalue weighted by Gasteiger charge is 2.05. The van der Waals surface area contributed by atoms with E-state index in [2.05, 4.69) is 15.1 Å². The van der Waals surface area contributed by atoms with Gasteiger partial charge in [0.2, 0.25) is 5.88 Å². The van der Waals surface area contributed by atoms with Gasteiger partial charge < -0.3 is 15.2 Å². The number of nitrogen functional groups attached to an aromatic ring is 1. The topological polar surface area (TPSA) is 80.7 Å². The van der Waals surface area contributed by atoms with E-state index in [4.69, 9.17) is 10.3 Å². The maximum atomic E-state index is 5.46. The van der Waals surface area contributed by atoms with E-state index in [-0.39, 0.29) is 0 Å². The number of hydrogen-bond acceptors (Lipinski definition) is 4. The Labute approximate surface area is 97.6 Å². The Bertz CT molecular complexity index is 608. The van der Waals surface area contributed by atoms with E-state index in [1.165, 1.54) is 0 Å². The summed E-state index contributed by atoms with van der Waals surface area (Å²) in [6.07, 6.45) is 1.56. The standard InChI is InChI=1S/C12H12N4O/c13-11-7-8(16-17-11)5-6-12-14-9-3-1-2-4-10(9)15-12/h1-4,7H,5-6,13H2,(H,14,15). The first-order valence-electron chi connectivity index (χ1n) is 5.46. The monoisotopic (exact) mass is 228 g/mol. The Balaban J connectivity index is 1.76. The van der Waals surface area contributed by atoms with E-state index in [9.17, 15) is 0 Å². The van der Waals surface area contributed by atoms with Gasteiger partial charge in [-0.3, -0.25) is 0 Å². The summed E-state index contributed by atoms with van der Waals surface area (Å²) in [4.78, 5) is 7.76. The van der Waals surface area contributed by atoms with Crippen LogP contribution in [0.1, 0.15) is 11.5 Å². The largest absolute Gasteiger partial charge is 0.368 e. The quantitative estimate of drug-likeness (QED) is 0.717. The summed E-state index contributed by atoms with van der Waals surface area (Å²) in [5.41, 5.74) is 8.35. The van der Waals surface area contributed by atoms with Crippen LogP contribution in [0.2, 0.25) is 0 Å². The molecule has 0 spiro atoms. The molecule has 0 aliphatic carbocycles. The third-order valence-electron chi connectivity index (χ3n) is 2.63. The zero-order valence-electron chi connectivity index (χ0n) is 9.18. The van der Waals surface area contributed by atoms with Gasteiger partial charge in [-0.15, -0.1) is 0 Å². The minimum absolute atomic E-state index is 0.351. The fraction of sp³-hybridized carbons (Fsp3) is 0.167. The molecule has 3 N–H and O–H groups in total. The van der Waals surface area contributed by atoms with Crippen LogP contribution in [0.4, 0.5) is 5.88 Å². The minimum atomic E-state index is 0.351. The van der Waals surface area contributed by atoms with Gasteiger partial charge in [-0.1, -0.05) is 17.3 Å². The van der Waals surface area contributed by atoms with Gasteiger partial charge in [-0.2, -0.15) is 0 Å². The molecular weight excluding hydrogens is 216 g/mol. The van der Waals surface area contributed by atoms with Gasteiger partial charge in [-0.25, -0.2) is 4.98 Å². The number of imidazole rings is 1. The Kier molecular flexibility index (Phi) is 2.29. The molecule has 0 fully saturated rings. The van der Waals surface area contributed by atoms with Crippen molar-refractivity contribution in [2.45, 2.75) is 12.8 Å². The number of H-pyrrole nitrogens is 1. The summed E-state index contributed by atoms with van der Waals surface area (Å²) >= 11 is 0. The second-order valence-electron chi connectivity index (χ2n) is 3.92. The molecular formula is C12H12N4O. The van der Waals surface area contributed by atoms with Crippen molar-refractivity contribution in [3.63, 3.8) is 0 Å².